The van der Waals surface area contributed by atoms with Crippen molar-refractivity contribution < 1.29 is 0 Å². The summed E-state index contributed by atoms with van der Waals surface area (Å²) in [4.78, 5) is 0. The lowest BCUT2D eigenvalue weighted by Crippen LogP contribution is -1.56. The maximum absolute atomic E-state index is 2.12. The van der Waals surface area contributed by atoms with Crippen LogP contribution in [-0.2, 0) is 0 Å². The predicted octanol–water partition coefficient (Wildman–Crippen LogP) is 4.98. The highest BCUT2D eigenvalue weighted by atomic mass is 33.2. The molecule has 1 aliphatic heterocycles. The summed E-state index contributed by atoms with van der Waals surface area (Å²) in [6.45, 7) is 0. The van der Waals surface area contributed by atoms with Gasteiger partial charge in [0.2, 0.25) is 0 Å². The first-order valence-electron chi connectivity index (χ1n) is 2.84. The summed E-state index contributed by atoms with van der Waals surface area (Å²) in [5, 5.41) is 1.22. The second-order valence-electron chi connectivity index (χ2n) is 1.44. The molecule has 1 rings (SSSR count). The lowest BCUT2D eigenvalue weighted by atomic mass is 11.9. The zero-order valence-electron chi connectivity index (χ0n) is 6.73. The Hall–Kier alpha value is 2.10. The van der Waals surface area contributed by atoms with Gasteiger partial charge in [-0.2, -0.15) is 23.5 Å². The molecule has 12 heavy (non-hydrogen) atoms. The molecule has 0 aromatic carbocycles. The van der Waals surface area contributed by atoms with Crippen LogP contribution in [0.1, 0.15) is 7.43 Å². The van der Waals surface area contributed by atoms with Gasteiger partial charge in [0, 0.05) is 5.08 Å². The fourth-order valence-corrected chi connectivity index (χ4v) is 6.39. The molecule has 0 unspecified atom stereocenters. The lowest BCUT2D eigenvalue weighted by molar-refractivity contribution is 2.20. The highest BCUT2D eigenvalue weighted by Gasteiger charge is 2.23. The van der Waals surface area contributed by atoms with E-state index in [9.17, 15) is 0 Å². The van der Waals surface area contributed by atoms with E-state index >= 15 is 0 Å². The minimum atomic E-state index is 0. The van der Waals surface area contributed by atoms with Crippen LogP contribution >= 0.6 is 66.7 Å². The molecular weight excluding hydrogens is 264 g/mol. The molecule has 0 amide bonds. The van der Waals surface area contributed by atoms with Crippen LogP contribution in [-0.4, -0.2) is 27.8 Å². The van der Waals surface area contributed by atoms with E-state index in [0.29, 0.717) is 0 Å². The first-order valence-corrected chi connectivity index (χ1v) is 10.5. The van der Waals surface area contributed by atoms with Crippen LogP contribution < -0.4 is 0 Å². The van der Waals surface area contributed by atoms with Gasteiger partial charge in [0.1, 0.15) is 3.91 Å². The Morgan fingerprint density at radius 1 is 1.08 bits per heavy atom. The molecule has 0 radical (unpaired) electrons. The van der Waals surface area contributed by atoms with E-state index in [1.807, 2.05) is 66.7 Å². The standard InChI is InChI=1S/C3H8S2.C2H4S4.CH4/c1-4-3-5-2;1-3-4-2-5-6-2;/h3H2,1-2H3;2H,1H3;1H4. The molecule has 1 fully saturated rings. The lowest BCUT2D eigenvalue weighted by Gasteiger charge is -1.80. The van der Waals surface area contributed by atoms with E-state index in [-0.39, 0.29) is 7.43 Å². The highest BCUT2D eigenvalue weighted by Crippen LogP contribution is 2.61. The van der Waals surface area contributed by atoms with Crippen LogP contribution in [0.5, 0.6) is 0 Å². The van der Waals surface area contributed by atoms with Crippen molar-refractivity contribution in [1.82, 2.24) is 0 Å². The van der Waals surface area contributed by atoms with Crippen molar-refractivity contribution in [3.63, 3.8) is 0 Å². The van der Waals surface area contributed by atoms with Gasteiger partial charge >= 0.3 is 0 Å². The normalized spacial score (nSPS) is 14.2. The second kappa shape index (κ2) is 13.1. The van der Waals surface area contributed by atoms with Crippen molar-refractivity contribution in [3.05, 3.63) is 0 Å². The molecule has 1 saturated heterocycles. The summed E-state index contributed by atoms with van der Waals surface area (Å²) in [6, 6.07) is 0. The van der Waals surface area contributed by atoms with E-state index < -0.39 is 0 Å². The van der Waals surface area contributed by atoms with E-state index in [1.54, 1.807) is 0 Å². The fraction of sp³-hybridized carbons (Fsp3) is 1.00. The van der Waals surface area contributed by atoms with Crippen molar-refractivity contribution >= 4 is 66.7 Å². The highest BCUT2D eigenvalue weighted by molar-refractivity contribution is 9.02. The summed E-state index contributed by atoms with van der Waals surface area (Å²) in [5.74, 6) is 0. The maximum atomic E-state index is 2.12. The van der Waals surface area contributed by atoms with Crippen LogP contribution in [0.15, 0.2) is 0 Å². The minimum absolute atomic E-state index is 0. The average molecular weight is 281 g/mol. The molecule has 0 saturated carbocycles. The third-order valence-corrected chi connectivity index (χ3v) is 8.10. The summed E-state index contributed by atoms with van der Waals surface area (Å²) in [6.07, 6.45) is 6.33. The summed E-state index contributed by atoms with van der Waals surface area (Å²) >= 11 is 3.73. The Labute approximate surface area is 101 Å². The molecule has 0 nitrogen and oxygen atoms in total. The van der Waals surface area contributed by atoms with Crippen molar-refractivity contribution in [1.29, 1.82) is 0 Å². The quantitative estimate of drug-likeness (QED) is 0.401. The van der Waals surface area contributed by atoms with E-state index in [4.69, 9.17) is 0 Å². The van der Waals surface area contributed by atoms with Gasteiger partial charge in [0.25, 0.3) is 0 Å². The Morgan fingerprint density at radius 2 is 1.58 bits per heavy atom. The molecule has 0 aromatic heterocycles. The molecular formula is C6H16S6. The molecule has 1 aliphatic rings. The van der Waals surface area contributed by atoms with Gasteiger partial charge < -0.3 is 0 Å². The monoisotopic (exact) mass is 280 g/mol. The largest absolute Gasteiger partial charge is 0.155 e. The maximum Gasteiger partial charge on any atom is 0.126 e. The third-order valence-electron chi connectivity index (χ3n) is 0.585. The van der Waals surface area contributed by atoms with Gasteiger partial charge in [-0.3, -0.25) is 0 Å². The van der Waals surface area contributed by atoms with Gasteiger partial charge in [0.15, 0.2) is 0 Å². The van der Waals surface area contributed by atoms with E-state index in [0.717, 1.165) is 3.91 Å². The van der Waals surface area contributed by atoms with Gasteiger partial charge in [0.05, 0.1) is 0 Å². The molecule has 0 N–H and O–H groups in total. The Balaban J connectivity index is 0. The van der Waals surface area contributed by atoms with Crippen LogP contribution in [0.25, 0.3) is 0 Å². The number of hydrogen-bond donors (Lipinski definition) is 0. The van der Waals surface area contributed by atoms with Gasteiger partial charge in [-0.25, -0.2) is 0 Å². The van der Waals surface area contributed by atoms with Crippen LogP contribution in [0.2, 0.25) is 0 Å². The second-order valence-corrected chi connectivity index (χ2v) is 9.49. The van der Waals surface area contributed by atoms with Crippen molar-refractivity contribution in [2.24, 2.45) is 0 Å². The Kier molecular flexibility index (Phi) is 18.0. The third kappa shape index (κ3) is 14.6. The summed E-state index contributed by atoms with van der Waals surface area (Å²) < 4.78 is 0.861. The SMILES string of the molecule is C.CSCSC.CSSC1SS1. The smallest absolute Gasteiger partial charge is 0.126 e. The predicted molar refractivity (Wildman–Crippen MR) is 78.7 cm³/mol. The van der Waals surface area contributed by atoms with Crippen molar-refractivity contribution in [3.8, 4) is 0 Å². The molecule has 0 aromatic rings. The molecule has 1 heterocycles. The van der Waals surface area contributed by atoms with E-state index in [2.05, 4.69) is 18.8 Å². The van der Waals surface area contributed by atoms with Gasteiger partial charge in [-0.1, -0.05) is 50.6 Å². The number of rotatable bonds is 4. The molecule has 6 heteroatoms. The van der Waals surface area contributed by atoms with Crippen LogP contribution in [0, 0.1) is 0 Å². The van der Waals surface area contributed by atoms with E-state index in [1.165, 1.54) is 5.08 Å². The molecule has 0 spiro atoms. The Bertz CT molecular complexity index is 72.4. The zero-order chi connectivity index (χ0) is 8.53. The summed E-state index contributed by atoms with van der Waals surface area (Å²) in [5.41, 5.74) is 0. The molecule has 0 bridgehead atoms. The number of thioether (sulfide) groups is 2. The zero-order valence-corrected chi connectivity index (χ0v) is 11.6. The minimum Gasteiger partial charge on any atom is -0.155 e. The Morgan fingerprint density at radius 3 is 1.67 bits per heavy atom. The van der Waals surface area contributed by atoms with Crippen LogP contribution in [0.3, 0.4) is 0 Å². The van der Waals surface area contributed by atoms with Crippen molar-refractivity contribution in [2.45, 2.75) is 11.3 Å². The van der Waals surface area contributed by atoms with Gasteiger partial charge in [-0.15, -0.1) is 0 Å². The fourth-order valence-electron chi connectivity index (χ4n) is 0.251. The summed E-state index contributed by atoms with van der Waals surface area (Å²) in [7, 11) is 7.69. The van der Waals surface area contributed by atoms with Gasteiger partial charge in [-0.05, 0) is 18.8 Å². The molecule has 0 aliphatic carbocycles. The number of hydrogen-bond acceptors (Lipinski definition) is 6. The van der Waals surface area contributed by atoms with Crippen LogP contribution in [0.4, 0.5) is 0 Å². The first-order chi connectivity index (χ1) is 5.35. The first kappa shape index (κ1) is 16.5. The molecule has 76 valence electrons. The average Bonchev–Trinajstić information content (AvgIpc) is 2.76. The van der Waals surface area contributed by atoms with Crippen molar-refractivity contribution in [2.75, 3.05) is 23.9 Å². The molecule has 0 atom stereocenters. The topological polar surface area (TPSA) is 0 Å².